The lowest BCUT2D eigenvalue weighted by molar-refractivity contribution is 0.0872. The van der Waals surface area contributed by atoms with E-state index in [0.29, 0.717) is 6.73 Å². The number of hydrogen-bond acceptors (Lipinski definition) is 3. The third-order valence-electron chi connectivity index (χ3n) is 3.30. The van der Waals surface area contributed by atoms with Gasteiger partial charge in [-0.1, -0.05) is 19.6 Å². The van der Waals surface area contributed by atoms with Gasteiger partial charge in [-0.3, -0.25) is 4.98 Å². The zero-order valence-corrected chi connectivity index (χ0v) is 15.6. The highest BCUT2D eigenvalue weighted by atomic mass is 79.9. The van der Waals surface area contributed by atoms with E-state index in [1.54, 1.807) is 6.20 Å². The van der Waals surface area contributed by atoms with E-state index in [0.717, 1.165) is 27.9 Å². The van der Waals surface area contributed by atoms with Crippen LogP contribution in [0.2, 0.25) is 25.7 Å². The molecule has 2 heterocycles. The minimum absolute atomic E-state index is 0.554. The molecule has 0 N–H and O–H groups in total. The zero-order chi connectivity index (χ0) is 15.5. The van der Waals surface area contributed by atoms with Crippen LogP contribution in [0, 0.1) is 6.92 Å². The number of ether oxygens (including phenoxy) is 1. The van der Waals surface area contributed by atoms with Crippen molar-refractivity contribution in [2.24, 2.45) is 0 Å². The largest absolute Gasteiger partial charge is 0.361 e. The second kappa shape index (κ2) is 6.85. The summed E-state index contributed by atoms with van der Waals surface area (Å²) in [7, 11) is -1.02. The first-order valence-electron chi connectivity index (χ1n) is 7.07. The van der Waals surface area contributed by atoms with Crippen LogP contribution in [0.15, 0.2) is 29.4 Å². The molecule has 0 spiro atoms. The Morgan fingerprint density at radius 3 is 2.76 bits per heavy atom. The third kappa shape index (κ3) is 4.76. The van der Waals surface area contributed by atoms with Crippen molar-refractivity contribution in [1.29, 1.82) is 0 Å². The Balaban J connectivity index is 1.97. The number of nitrogens with zero attached hydrogens (tertiary/aromatic N) is 3. The molecule has 0 aliphatic heterocycles. The number of rotatable bonds is 6. The van der Waals surface area contributed by atoms with Crippen LogP contribution >= 0.6 is 15.9 Å². The van der Waals surface area contributed by atoms with E-state index in [-0.39, 0.29) is 0 Å². The van der Waals surface area contributed by atoms with Crippen LogP contribution in [-0.2, 0) is 11.5 Å². The maximum absolute atomic E-state index is 5.73. The van der Waals surface area contributed by atoms with Crippen molar-refractivity contribution >= 4 is 24.0 Å². The van der Waals surface area contributed by atoms with Crippen molar-refractivity contribution in [3.8, 4) is 11.3 Å². The molecule has 0 aliphatic rings. The molecule has 4 nitrogen and oxygen atoms in total. The first-order chi connectivity index (χ1) is 9.87. The van der Waals surface area contributed by atoms with Gasteiger partial charge < -0.3 is 9.30 Å². The van der Waals surface area contributed by atoms with E-state index < -0.39 is 8.07 Å². The highest BCUT2D eigenvalue weighted by Gasteiger charge is 2.12. The second-order valence-electron chi connectivity index (χ2n) is 6.42. The fraction of sp³-hybridized carbons (Fsp3) is 0.467. The second-order valence-corrected chi connectivity index (χ2v) is 12.9. The van der Waals surface area contributed by atoms with Gasteiger partial charge in [0.1, 0.15) is 6.73 Å². The van der Waals surface area contributed by atoms with Crippen LogP contribution in [0.25, 0.3) is 11.3 Å². The van der Waals surface area contributed by atoms with E-state index >= 15 is 0 Å². The molecule has 0 saturated heterocycles. The molecule has 2 rings (SSSR count). The van der Waals surface area contributed by atoms with Crippen molar-refractivity contribution in [3.05, 3.63) is 35.0 Å². The number of halogens is 1. The number of pyridine rings is 1. The summed E-state index contributed by atoms with van der Waals surface area (Å²) in [5, 5.41) is 0. The van der Waals surface area contributed by atoms with Crippen molar-refractivity contribution in [1.82, 2.24) is 14.5 Å². The molecule has 0 radical (unpaired) electrons. The van der Waals surface area contributed by atoms with Gasteiger partial charge in [-0.2, -0.15) is 0 Å². The summed E-state index contributed by atoms with van der Waals surface area (Å²) >= 11 is 3.50. The van der Waals surface area contributed by atoms with Crippen LogP contribution in [0.1, 0.15) is 5.56 Å². The SMILES string of the molecule is Cc1c(Br)cncc1-c1cn(COCC[Si](C)(C)C)cn1. The Bertz CT molecular complexity index is 607. The lowest BCUT2D eigenvalue weighted by atomic mass is 10.1. The highest BCUT2D eigenvalue weighted by molar-refractivity contribution is 9.10. The minimum Gasteiger partial charge on any atom is -0.361 e. The standard InChI is InChI=1S/C15H22BrN3OSi/c1-12-13(7-17-8-14(12)16)15-9-19(10-18-15)11-20-5-6-21(2,3)4/h7-10H,5-6,11H2,1-4H3. The molecule has 6 heteroatoms. The predicted octanol–water partition coefficient (Wildman–Crippen LogP) is 4.33. The maximum atomic E-state index is 5.73. The van der Waals surface area contributed by atoms with Crippen molar-refractivity contribution in [2.45, 2.75) is 39.3 Å². The van der Waals surface area contributed by atoms with Crippen LogP contribution in [0.3, 0.4) is 0 Å². The van der Waals surface area contributed by atoms with E-state index in [2.05, 4.69) is 52.5 Å². The summed E-state index contributed by atoms with van der Waals surface area (Å²) in [6, 6.07) is 1.18. The van der Waals surface area contributed by atoms with Crippen molar-refractivity contribution in [3.63, 3.8) is 0 Å². The van der Waals surface area contributed by atoms with Gasteiger partial charge in [0.15, 0.2) is 0 Å². The van der Waals surface area contributed by atoms with E-state index in [4.69, 9.17) is 4.74 Å². The summed E-state index contributed by atoms with van der Waals surface area (Å²) in [6.45, 7) is 10.5. The first-order valence-corrected chi connectivity index (χ1v) is 11.6. The lowest BCUT2D eigenvalue weighted by Gasteiger charge is -2.15. The van der Waals surface area contributed by atoms with Crippen LogP contribution in [0.5, 0.6) is 0 Å². The summed E-state index contributed by atoms with van der Waals surface area (Å²) in [5.74, 6) is 0. The normalized spacial score (nSPS) is 11.9. The Morgan fingerprint density at radius 2 is 2.05 bits per heavy atom. The predicted molar refractivity (Wildman–Crippen MR) is 92.0 cm³/mol. The lowest BCUT2D eigenvalue weighted by Crippen LogP contribution is -2.21. The van der Waals surface area contributed by atoms with Crippen LogP contribution in [-0.4, -0.2) is 29.2 Å². The first kappa shape index (κ1) is 16.4. The van der Waals surface area contributed by atoms with Gasteiger partial charge in [0.25, 0.3) is 0 Å². The molecule has 2 aromatic rings. The van der Waals surface area contributed by atoms with Gasteiger partial charge >= 0.3 is 0 Å². The molecule has 0 amide bonds. The molecule has 0 fully saturated rings. The topological polar surface area (TPSA) is 39.9 Å². The molecular weight excluding hydrogens is 346 g/mol. The Labute approximate surface area is 135 Å². The molecule has 0 aliphatic carbocycles. The van der Waals surface area contributed by atoms with Gasteiger partial charge in [-0.25, -0.2) is 4.98 Å². The quantitative estimate of drug-likeness (QED) is 0.563. The molecule has 0 bridgehead atoms. The summed E-state index contributed by atoms with van der Waals surface area (Å²) in [5.41, 5.74) is 3.12. The zero-order valence-electron chi connectivity index (χ0n) is 13.1. The van der Waals surface area contributed by atoms with Gasteiger partial charge in [0.05, 0.1) is 12.0 Å². The number of aromatic nitrogens is 3. The average molecular weight is 368 g/mol. The molecule has 114 valence electrons. The molecule has 0 saturated carbocycles. The molecule has 2 aromatic heterocycles. The third-order valence-corrected chi connectivity index (χ3v) is 5.80. The fourth-order valence-electron chi connectivity index (χ4n) is 1.88. The molecular formula is C15H22BrN3OSi. The van der Waals surface area contributed by atoms with Gasteiger partial charge in [-0.15, -0.1) is 0 Å². The van der Waals surface area contributed by atoms with E-state index in [9.17, 15) is 0 Å². The van der Waals surface area contributed by atoms with Gasteiger partial charge in [0, 0.05) is 43.3 Å². The summed E-state index contributed by atoms with van der Waals surface area (Å²) in [4.78, 5) is 8.66. The van der Waals surface area contributed by atoms with Gasteiger partial charge in [-0.05, 0) is 34.5 Å². The van der Waals surface area contributed by atoms with Gasteiger partial charge in [0.2, 0.25) is 0 Å². The Kier molecular flexibility index (Phi) is 5.35. The van der Waals surface area contributed by atoms with Crippen molar-refractivity contribution in [2.75, 3.05) is 6.61 Å². The Hall–Kier alpha value is -0.983. The smallest absolute Gasteiger partial charge is 0.123 e. The minimum atomic E-state index is -1.02. The number of imidazole rings is 1. The molecule has 0 atom stereocenters. The average Bonchev–Trinajstić information content (AvgIpc) is 2.85. The van der Waals surface area contributed by atoms with Crippen LogP contribution in [0.4, 0.5) is 0 Å². The molecule has 21 heavy (non-hydrogen) atoms. The van der Waals surface area contributed by atoms with Crippen molar-refractivity contribution < 1.29 is 4.74 Å². The summed E-state index contributed by atoms with van der Waals surface area (Å²) < 4.78 is 8.70. The van der Waals surface area contributed by atoms with E-state index in [1.807, 2.05) is 23.3 Å². The van der Waals surface area contributed by atoms with E-state index in [1.165, 1.54) is 6.04 Å². The molecule has 0 aromatic carbocycles. The van der Waals surface area contributed by atoms with Crippen LogP contribution < -0.4 is 0 Å². The monoisotopic (exact) mass is 367 g/mol. The fourth-order valence-corrected chi connectivity index (χ4v) is 2.96. The summed E-state index contributed by atoms with van der Waals surface area (Å²) in [6.07, 6.45) is 7.46. The number of hydrogen-bond donors (Lipinski definition) is 0. The Morgan fingerprint density at radius 1 is 1.29 bits per heavy atom. The highest BCUT2D eigenvalue weighted by Crippen LogP contribution is 2.26. The molecule has 0 unspecified atom stereocenters. The maximum Gasteiger partial charge on any atom is 0.123 e.